The van der Waals surface area contributed by atoms with Crippen LogP contribution in [-0.4, -0.2) is 33.7 Å². The van der Waals surface area contributed by atoms with Crippen molar-refractivity contribution in [3.05, 3.63) is 28.2 Å². The minimum atomic E-state index is -3.54. The molecule has 1 aromatic carbocycles. The third-order valence-corrected chi connectivity index (χ3v) is 6.01. The van der Waals surface area contributed by atoms with E-state index in [1.165, 1.54) is 0 Å². The first kappa shape index (κ1) is 16.9. The van der Waals surface area contributed by atoms with Crippen molar-refractivity contribution >= 4 is 26.0 Å². The Bertz CT molecular complexity index is 592. The maximum Gasteiger partial charge on any atom is 0.242 e. The number of ether oxygens (including phenoxy) is 1. The minimum Gasteiger partial charge on any atom is -0.377 e. The molecule has 0 aliphatic carbocycles. The summed E-state index contributed by atoms with van der Waals surface area (Å²) in [4.78, 5) is 0.266. The molecule has 1 saturated heterocycles. The number of benzene rings is 1. The number of hydrogen-bond donors (Lipinski definition) is 2. The first-order valence-corrected chi connectivity index (χ1v) is 9.34. The van der Waals surface area contributed by atoms with Gasteiger partial charge in [-0.3, -0.25) is 0 Å². The van der Waals surface area contributed by atoms with Crippen LogP contribution in [0.4, 0.5) is 0 Å². The highest BCUT2D eigenvalue weighted by Crippen LogP contribution is 2.25. The molecule has 1 heterocycles. The number of nitrogens with one attached hydrogen (secondary N) is 2. The van der Waals surface area contributed by atoms with E-state index in [1.807, 2.05) is 26.0 Å². The molecule has 21 heavy (non-hydrogen) atoms. The van der Waals surface area contributed by atoms with E-state index in [2.05, 4.69) is 26.0 Å². The van der Waals surface area contributed by atoms with E-state index >= 15 is 0 Å². The van der Waals surface area contributed by atoms with Crippen LogP contribution in [-0.2, 0) is 21.3 Å². The zero-order valence-electron chi connectivity index (χ0n) is 12.2. The topological polar surface area (TPSA) is 67.4 Å². The van der Waals surface area contributed by atoms with Gasteiger partial charge in [0.05, 0.1) is 17.0 Å². The highest BCUT2D eigenvalue weighted by molar-refractivity contribution is 9.10. The lowest BCUT2D eigenvalue weighted by Gasteiger charge is -2.17. The molecule has 0 spiro atoms. The van der Waals surface area contributed by atoms with Gasteiger partial charge in [-0.15, -0.1) is 0 Å². The molecule has 1 aliphatic heterocycles. The summed E-state index contributed by atoms with van der Waals surface area (Å²) in [6.07, 6.45) is 0.614. The zero-order valence-corrected chi connectivity index (χ0v) is 14.6. The third kappa shape index (κ3) is 4.26. The van der Waals surface area contributed by atoms with Gasteiger partial charge in [-0.05, 0) is 53.5 Å². The van der Waals surface area contributed by atoms with Gasteiger partial charge in [0, 0.05) is 17.6 Å². The Balaban J connectivity index is 2.16. The molecule has 1 aromatic rings. The summed E-state index contributed by atoms with van der Waals surface area (Å²) in [5.74, 6) is 0. The number of sulfonamides is 1. The lowest BCUT2D eigenvalue weighted by Crippen LogP contribution is -2.39. The molecule has 2 rings (SSSR count). The molecule has 0 aromatic heterocycles. The predicted octanol–water partition coefficient (Wildman–Crippen LogP) is 2.01. The lowest BCUT2D eigenvalue weighted by atomic mass is 10.2. The van der Waals surface area contributed by atoms with Crippen LogP contribution in [0.5, 0.6) is 0 Å². The molecule has 7 heteroatoms. The monoisotopic (exact) mass is 376 g/mol. The highest BCUT2D eigenvalue weighted by Gasteiger charge is 2.30. The molecule has 1 aliphatic rings. The highest BCUT2D eigenvalue weighted by atomic mass is 79.9. The van der Waals surface area contributed by atoms with E-state index < -0.39 is 10.0 Å². The molecular weight excluding hydrogens is 356 g/mol. The van der Waals surface area contributed by atoms with Crippen molar-refractivity contribution in [3.63, 3.8) is 0 Å². The number of hydrogen-bond acceptors (Lipinski definition) is 4. The average Bonchev–Trinajstić information content (AvgIpc) is 2.81. The lowest BCUT2D eigenvalue weighted by molar-refractivity contribution is 0.117. The van der Waals surface area contributed by atoms with Crippen LogP contribution >= 0.6 is 15.9 Å². The Morgan fingerprint density at radius 2 is 2.19 bits per heavy atom. The molecule has 2 unspecified atom stereocenters. The summed E-state index contributed by atoms with van der Waals surface area (Å²) in [6, 6.07) is 5.14. The van der Waals surface area contributed by atoms with Crippen molar-refractivity contribution in [1.29, 1.82) is 0 Å². The van der Waals surface area contributed by atoms with Crippen molar-refractivity contribution in [2.24, 2.45) is 0 Å². The SMILES string of the molecule is CCNCc1ccc(S(=O)(=O)NC2CCOC2C)c(Br)c1. The Kier molecular flexibility index (Phi) is 5.79. The molecular formula is C14H21BrN2O3S. The smallest absolute Gasteiger partial charge is 0.242 e. The summed E-state index contributed by atoms with van der Waals surface area (Å²) in [7, 11) is -3.54. The van der Waals surface area contributed by atoms with E-state index in [1.54, 1.807) is 6.07 Å². The average molecular weight is 377 g/mol. The minimum absolute atomic E-state index is 0.0911. The maximum atomic E-state index is 12.5. The van der Waals surface area contributed by atoms with Crippen LogP contribution in [0.3, 0.4) is 0 Å². The summed E-state index contributed by atoms with van der Waals surface area (Å²) in [5, 5.41) is 3.21. The van der Waals surface area contributed by atoms with Crippen LogP contribution in [0.2, 0.25) is 0 Å². The molecule has 1 fully saturated rings. The van der Waals surface area contributed by atoms with E-state index in [9.17, 15) is 8.42 Å². The zero-order chi connectivity index (χ0) is 15.5. The van der Waals surface area contributed by atoms with E-state index in [-0.39, 0.29) is 17.0 Å². The first-order chi connectivity index (χ1) is 9.94. The Morgan fingerprint density at radius 1 is 1.43 bits per heavy atom. The molecule has 0 bridgehead atoms. The van der Waals surface area contributed by atoms with Crippen molar-refractivity contribution in [3.8, 4) is 0 Å². The van der Waals surface area contributed by atoms with E-state index in [0.717, 1.165) is 18.7 Å². The maximum absolute atomic E-state index is 12.5. The molecule has 0 amide bonds. The van der Waals surface area contributed by atoms with Gasteiger partial charge in [0.15, 0.2) is 0 Å². The summed E-state index contributed by atoms with van der Waals surface area (Å²) in [6.45, 7) is 6.10. The van der Waals surface area contributed by atoms with Gasteiger partial charge in [0.2, 0.25) is 10.0 Å². The Labute approximate surface area is 134 Å². The first-order valence-electron chi connectivity index (χ1n) is 7.07. The molecule has 0 saturated carbocycles. The van der Waals surface area contributed by atoms with Gasteiger partial charge in [0.1, 0.15) is 0 Å². The molecule has 5 nitrogen and oxygen atoms in total. The van der Waals surface area contributed by atoms with Gasteiger partial charge in [-0.1, -0.05) is 13.0 Å². The second-order valence-electron chi connectivity index (χ2n) is 5.14. The number of halogens is 1. The number of rotatable bonds is 6. The van der Waals surface area contributed by atoms with Crippen LogP contribution < -0.4 is 10.0 Å². The van der Waals surface area contributed by atoms with Crippen molar-refractivity contribution < 1.29 is 13.2 Å². The quantitative estimate of drug-likeness (QED) is 0.796. The Hall–Kier alpha value is -0.470. The van der Waals surface area contributed by atoms with Gasteiger partial charge >= 0.3 is 0 Å². The fourth-order valence-electron chi connectivity index (χ4n) is 2.29. The van der Waals surface area contributed by atoms with Gasteiger partial charge in [0.25, 0.3) is 0 Å². The standard InChI is InChI=1S/C14H21BrN2O3S/c1-3-16-9-11-4-5-14(12(15)8-11)21(18,19)17-13-6-7-20-10(13)2/h4-5,8,10,13,16-17H,3,6-7,9H2,1-2H3. The van der Waals surface area contributed by atoms with E-state index in [0.29, 0.717) is 17.5 Å². The van der Waals surface area contributed by atoms with Crippen LogP contribution in [0.25, 0.3) is 0 Å². The second-order valence-corrected chi connectivity index (χ2v) is 7.67. The van der Waals surface area contributed by atoms with Gasteiger partial charge < -0.3 is 10.1 Å². The third-order valence-electron chi connectivity index (χ3n) is 3.55. The molecule has 0 radical (unpaired) electrons. The summed E-state index contributed by atoms with van der Waals surface area (Å²) < 4.78 is 33.6. The summed E-state index contributed by atoms with van der Waals surface area (Å²) >= 11 is 3.36. The largest absolute Gasteiger partial charge is 0.377 e. The van der Waals surface area contributed by atoms with Crippen LogP contribution in [0.15, 0.2) is 27.6 Å². The van der Waals surface area contributed by atoms with Crippen LogP contribution in [0.1, 0.15) is 25.8 Å². The second kappa shape index (κ2) is 7.19. The fraction of sp³-hybridized carbons (Fsp3) is 0.571. The van der Waals surface area contributed by atoms with Crippen molar-refractivity contribution in [2.45, 2.75) is 43.9 Å². The van der Waals surface area contributed by atoms with Crippen molar-refractivity contribution in [1.82, 2.24) is 10.0 Å². The van der Waals surface area contributed by atoms with E-state index in [4.69, 9.17) is 4.74 Å². The van der Waals surface area contributed by atoms with Crippen LogP contribution in [0, 0.1) is 0 Å². The fourth-order valence-corrected chi connectivity index (χ4v) is 4.75. The van der Waals surface area contributed by atoms with Crippen molar-refractivity contribution in [2.75, 3.05) is 13.2 Å². The normalized spacial score (nSPS) is 22.6. The summed E-state index contributed by atoms with van der Waals surface area (Å²) in [5.41, 5.74) is 1.04. The Morgan fingerprint density at radius 3 is 2.76 bits per heavy atom. The molecule has 2 atom stereocenters. The predicted molar refractivity (Wildman–Crippen MR) is 85.7 cm³/mol. The molecule has 2 N–H and O–H groups in total. The molecule has 118 valence electrons. The van der Waals surface area contributed by atoms with Gasteiger partial charge in [-0.25, -0.2) is 13.1 Å². The van der Waals surface area contributed by atoms with Gasteiger partial charge in [-0.2, -0.15) is 0 Å².